The van der Waals surface area contributed by atoms with E-state index in [4.69, 9.17) is 0 Å². The molecule has 3 heteroatoms. The lowest BCUT2D eigenvalue weighted by Gasteiger charge is -2.20. The van der Waals surface area contributed by atoms with Gasteiger partial charge in [-0.1, -0.05) is 37.3 Å². The average Bonchev–Trinajstić information content (AvgIpc) is 2.47. The molecular weight excluding hydrogens is 246 g/mol. The molecule has 1 N–H and O–H groups in total. The second kappa shape index (κ2) is 7.15. The predicted molar refractivity (Wildman–Crippen MR) is 82.7 cm³/mol. The van der Waals surface area contributed by atoms with Crippen molar-refractivity contribution in [3.05, 3.63) is 58.9 Å². The van der Waals surface area contributed by atoms with Crippen LogP contribution >= 0.6 is 0 Å². The molecule has 2 aromatic rings. The van der Waals surface area contributed by atoms with Crippen LogP contribution in [0, 0.1) is 13.8 Å². The van der Waals surface area contributed by atoms with Crippen LogP contribution < -0.4 is 5.32 Å². The first-order chi connectivity index (χ1) is 9.70. The largest absolute Gasteiger partial charge is 0.310 e. The molecule has 1 heterocycles. The van der Waals surface area contributed by atoms with Gasteiger partial charge in [-0.3, -0.25) is 0 Å². The second-order valence-electron chi connectivity index (χ2n) is 5.16. The highest BCUT2D eigenvalue weighted by molar-refractivity contribution is 5.24. The van der Waals surface area contributed by atoms with Crippen LogP contribution in [0.4, 0.5) is 0 Å². The molecule has 0 aliphatic rings. The lowest BCUT2D eigenvalue weighted by Crippen LogP contribution is -2.23. The molecule has 0 saturated carbocycles. The van der Waals surface area contributed by atoms with Gasteiger partial charge in [-0.15, -0.1) is 0 Å². The Hall–Kier alpha value is -1.74. The molecule has 1 aromatic carbocycles. The van der Waals surface area contributed by atoms with Gasteiger partial charge in [0.15, 0.2) is 0 Å². The number of hydrogen-bond acceptors (Lipinski definition) is 3. The highest BCUT2D eigenvalue weighted by Crippen LogP contribution is 2.21. The molecule has 0 fully saturated rings. The van der Waals surface area contributed by atoms with Gasteiger partial charge in [0.1, 0.15) is 0 Å². The number of nitrogens with one attached hydrogen (secondary N) is 1. The monoisotopic (exact) mass is 269 g/mol. The van der Waals surface area contributed by atoms with Crippen molar-refractivity contribution >= 4 is 0 Å². The van der Waals surface area contributed by atoms with Crippen LogP contribution in [0.25, 0.3) is 0 Å². The molecule has 0 spiro atoms. The van der Waals surface area contributed by atoms with Gasteiger partial charge in [0.05, 0.1) is 11.4 Å². The zero-order valence-electron chi connectivity index (χ0n) is 12.6. The molecule has 106 valence electrons. The quantitative estimate of drug-likeness (QED) is 0.873. The molecule has 0 aliphatic heterocycles. The highest BCUT2D eigenvalue weighted by atomic mass is 15.1. The van der Waals surface area contributed by atoms with Gasteiger partial charge < -0.3 is 5.32 Å². The van der Waals surface area contributed by atoms with Crippen molar-refractivity contribution in [1.29, 1.82) is 0 Å². The first kappa shape index (κ1) is 14.7. The van der Waals surface area contributed by atoms with Gasteiger partial charge >= 0.3 is 0 Å². The van der Waals surface area contributed by atoms with Gasteiger partial charge in [0, 0.05) is 6.04 Å². The average molecular weight is 269 g/mol. The molecule has 0 bridgehead atoms. The minimum Gasteiger partial charge on any atom is -0.310 e. The van der Waals surface area contributed by atoms with Crippen LogP contribution in [0.3, 0.4) is 0 Å². The molecule has 3 nitrogen and oxygen atoms in total. The Morgan fingerprint density at radius 3 is 2.55 bits per heavy atom. The first-order valence-corrected chi connectivity index (χ1v) is 7.29. The summed E-state index contributed by atoms with van der Waals surface area (Å²) in [7, 11) is 0. The second-order valence-corrected chi connectivity index (χ2v) is 5.16. The maximum Gasteiger partial charge on any atom is 0.0648 e. The van der Waals surface area contributed by atoms with Crippen LogP contribution in [-0.4, -0.2) is 16.7 Å². The summed E-state index contributed by atoms with van der Waals surface area (Å²) in [6.07, 6.45) is 2.14. The van der Waals surface area contributed by atoms with Crippen molar-refractivity contribution in [3.63, 3.8) is 0 Å². The summed E-state index contributed by atoms with van der Waals surface area (Å²) >= 11 is 0. The van der Waals surface area contributed by atoms with E-state index < -0.39 is 0 Å². The zero-order chi connectivity index (χ0) is 14.4. The minimum atomic E-state index is 0.342. The van der Waals surface area contributed by atoms with E-state index in [1.165, 1.54) is 11.1 Å². The van der Waals surface area contributed by atoms with Gasteiger partial charge in [0.25, 0.3) is 0 Å². The number of rotatable bonds is 6. The van der Waals surface area contributed by atoms with E-state index in [1.807, 2.05) is 13.8 Å². The van der Waals surface area contributed by atoms with Crippen LogP contribution in [0.5, 0.6) is 0 Å². The third-order valence-electron chi connectivity index (χ3n) is 3.53. The van der Waals surface area contributed by atoms with E-state index in [1.54, 1.807) is 0 Å². The Bertz CT molecular complexity index is 537. The normalized spacial score (nSPS) is 12.3. The number of benzene rings is 1. The van der Waals surface area contributed by atoms with Crippen LogP contribution in [-0.2, 0) is 6.42 Å². The molecule has 0 saturated heterocycles. The number of hydrogen-bond donors (Lipinski definition) is 1. The zero-order valence-corrected chi connectivity index (χ0v) is 12.6. The molecule has 1 aromatic heterocycles. The van der Waals surface area contributed by atoms with Crippen molar-refractivity contribution in [2.45, 2.75) is 39.7 Å². The highest BCUT2D eigenvalue weighted by Gasteiger charge is 2.14. The molecule has 1 atom stereocenters. The number of aryl methyl sites for hydroxylation is 3. The third-order valence-corrected chi connectivity index (χ3v) is 3.53. The Morgan fingerprint density at radius 1 is 1.10 bits per heavy atom. The fourth-order valence-electron chi connectivity index (χ4n) is 2.49. The fraction of sp³-hybridized carbons (Fsp3) is 0.412. The van der Waals surface area contributed by atoms with Crippen molar-refractivity contribution in [2.75, 3.05) is 6.54 Å². The summed E-state index contributed by atoms with van der Waals surface area (Å²) < 4.78 is 0. The van der Waals surface area contributed by atoms with E-state index in [9.17, 15) is 0 Å². The maximum absolute atomic E-state index is 4.25. The van der Waals surface area contributed by atoms with Crippen LogP contribution in [0.1, 0.15) is 41.9 Å². The summed E-state index contributed by atoms with van der Waals surface area (Å²) in [4.78, 5) is 0. The molecule has 0 aliphatic carbocycles. The smallest absolute Gasteiger partial charge is 0.0648 e. The van der Waals surface area contributed by atoms with Gasteiger partial charge in [-0.2, -0.15) is 10.2 Å². The summed E-state index contributed by atoms with van der Waals surface area (Å²) in [5, 5.41) is 11.9. The third kappa shape index (κ3) is 3.87. The van der Waals surface area contributed by atoms with Crippen molar-refractivity contribution < 1.29 is 0 Å². The van der Waals surface area contributed by atoms with Gasteiger partial charge in [-0.25, -0.2) is 0 Å². The van der Waals surface area contributed by atoms with E-state index in [0.717, 1.165) is 30.8 Å². The van der Waals surface area contributed by atoms with E-state index in [-0.39, 0.29) is 0 Å². The van der Waals surface area contributed by atoms with Crippen molar-refractivity contribution in [1.82, 2.24) is 15.5 Å². The van der Waals surface area contributed by atoms with Gasteiger partial charge in [-0.05, 0) is 50.4 Å². The standard InChI is InChI=1S/C17H23N3/c1-4-18-17(11-10-15-8-6-5-7-9-15)16-12-13(2)19-20-14(16)3/h5-9,12,17-18H,4,10-11H2,1-3H3. The molecule has 0 amide bonds. The number of aromatic nitrogens is 2. The Labute approximate surface area is 121 Å². The lowest BCUT2D eigenvalue weighted by molar-refractivity contribution is 0.509. The predicted octanol–water partition coefficient (Wildman–Crippen LogP) is 3.38. The molecule has 2 rings (SSSR count). The minimum absolute atomic E-state index is 0.342. The Kier molecular flexibility index (Phi) is 5.24. The van der Waals surface area contributed by atoms with E-state index in [2.05, 4.69) is 58.8 Å². The topological polar surface area (TPSA) is 37.8 Å². The molecule has 0 radical (unpaired) electrons. The van der Waals surface area contributed by atoms with Crippen LogP contribution in [0.2, 0.25) is 0 Å². The van der Waals surface area contributed by atoms with Gasteiger partial charge in [0.2, 0.25) is 0 Å². The molecule has 1 unspecified atom stereocenters. The van der Waals surface area contributed by atoms with E-state index in [0.29, 0.717) is 6.04 Å². The summed E-state index contributed by atoms with van der Waals surface area (Å²) in [5.41, 5.74) is 4.66. The first-order valence-electron chi connectivity index (χ1n) is 7.29. The summed E-state index contributed by atoms with van der Waals surface area (Å²) in [6, 6.07) is 13.1. The summed E-state index contributed by atoms with van der Waals surface area (Å²) in [5.74, 6) is 0. The summed E-state index contributed by atoms with van der Waals surface area (Å²) in [6.45, 7) is 7.14. The Balaban J connectivity index is 2.12. The SMILES string of the molecule is CCNC(CCc1ccccc1)c1cc(C)nnc1C. The fourth-order valence-corrected chi connectivity index (χ4v) is 2.49. The van der Waals surface area contributed by atoms with Crippen LogP contribution in [0.15, 0.2) is 36.4 Å². The molecule has 20 heavy (non-hydrogen) atoms. The maximum atomic E-state index is 4.25. The Morgan fingerprint density at radius 2 is 1.85 bits per heavy atom. The molecular formula is C17H23N3. The van der Waals surface area contributed by atoms with E-state index >= 15 is 0 Å². The van der Waals surface area contributed by atoms with Crippen molar-refractivity contribution in [3.8, 4) is 0 Å². The lowest BCUT2D eigenvalue weighted by atomic mass is 9.98. The number of nitrogens with zero attached hydrogens (tertiary/aromatic N) is 2. The van der Waals surface area contributed by atoms with Crippen molar-refractivity contribution in [2.24, 2.45) is 0 Å².